The van der Waals surface area contributed by atoms with Crippen LogP contribution in [0.5, 0.6) is 5.88 Å². The van der Waals surface area contributed by atoms with Crippen molar-refractivity contribution in [3.8, 4) is 5.88 Å². The van der Waals surface area contributed by atoms with Gasteiger partial charge in [-0.3, -0.25) is 4.68 Å². The molecule has 1 saturated carbocycles. The lowest BCUT2D eigenvalue weighted by molar-refractivity contribution is 0.0407. The maximum atomic E-state index is 6.28. The Morgan fingerprint density at radius 2 is 2.12 bits per heavy atom. The van der Waals surface area contributed by atoms with Gasteiger partial charge in [0.25, 0.3) is 0 Å². The minimum Gasteiger partial charge on any atom is -0.481 e. The number of rotatable bonds is 7. The van der Waals surface area contributed by atoms with Gasteiger partial charge in [-0.2, -0.15) is 5.10 Å². The third-order valence-corrected chi connectivity index (χ3v) is 5.06. The zero-order valence-corrected chi connectivity index (χ0v) is 14.8. The van der Waals surface area contributed by atoms with Crippen molar-refractivity contribution in [1.82, 2.24) is 19.7 Å². The highest BCUT2D eigenvalue weighted by atomic mass is 16.5. The largest absolute Gasteiger partial charge is 0.481 e. The number of aromatic nitrogens is 4. The van der Waals surface area contributed by atoms with Crippen molar-refractivity contribution in [1.29, 1.82) is 0 Å². The summed E-state index contributed by atoms with van der Waals surface area (Å²) < 4.78 is 13.4. The molecule has 2 aromatic rings. The van der Waals surface area contributed by atoms with Gasteiger partial charge < -0.3 is 14.4 Å². The molecule has 7 nitrogen and oxygen atoms in total. The second kappa shape index (κ2) is 7.00. The molecule has 1 saturated heterocycles. The Labute approximate surface area is 148 Å². The predicted octanol–water partition coefficient (Wildman–Crippen LogP) is 1.84. The Hall–Kier alpha value is -2.15. The monoisotopic (exact) mass is 343 g/mol. The quantitative estimate of drug-likeness (QED) is 0.764. The van der Waals surface area contributed by atoms with Gasteiger partial charge in [0.2, 0.25) is 5.88 Å². The smallest absolute Gasteiger partial charge is 0.218 e. The summed E-state index contributed by atoms with van der Waals surface area (Å²) in [7, 11) is 3.58. The summed E-state index contributed by atoms with van der Waals surface area (Å²) in [6, 6.07) is 2.15. The zero-order chi connectivity index (χ0) is 17.2. The number of ether oxygens (including phenoxy) is 2. The number of aryl methyl sites for hydroxylation is 1. The molecule has 0 aromatic carbocycles. The van der Waals surface area contributed by atoms with Gasteiger partial charge in [0, 0.05) is 32.5 Å². The van der Waals surface area contributed by atoms with E-state index in [1.807, 2.05) is 24.0 Å². The Bertz CT molecular complexity index is 715. The molecule has 0 amide bonds. The molecule has 1 aliphatic heterocycles. The second-order valence-electron chi connectivity index (χ2n) is 7.01. The zero-order valence-electron chi connectivity index (χ0n) is 14.8. The molecule has 0 radical (unpaired) electrons. The Morgan fingerprint density at radius 1 is 1.24 bits per heavy atom. The number of nitrogens with zero attached hydrogens (tertiary/aromatic N) is 5. The van der Waals surface area contributed by atoms with Crippen LogP contribution in [0, 0.1) is 5.92 Å². The molecular weight excluding hydrogens is 318 g/mol. The molecule has 0 spiro atoms. The maximum Gasteiger partial charge on any atom is 0.218 e. The molecule has 7 heteroatoms. The molecule has 2 aromatic heterocycles. The molecule has 134 valence electrons. The van der Waals surface area contributed by atoms with E-state index < -0.39 is 0 Å². The lowest BCUT2D eigenvalue weighted by Gasteiger charge is -2.29. The van der Waals surface area contributed by atoms with E-state index in [-0.39, 0.29) is 12.1 Å². The summed E-state index contributed by atoms with van der Waals surface area (Å²) in [6.45, 7) is 1.82. The third kappa shape index (κ3) is 3.76. The highest BCUT2D eigenvalue weighted by molar-refractivity contribution is 5.44. The van der Waals surface area contributed by atoms with Crippen molar-refractivity contribution < 1.29 is 9.47 Å². The van der Waals surface area contributed by atoms with Crippen LogP contribution in [0.25, 0.3) is 0 Å². The standard InChI is InChI=1S/C18H25N5O2/c1-22-10-14(9-21-22)7-15-16(25-11-13-3-4-13)5-6-23(15)17-8-18(24-2)20-12-19-17/h8-10,12-13,15-16H,3-7,11H2,1-2H3/t15-,16+/m1/s1. The summed E-state index contributed by atoms with van der Waals surface area (Å²) in [4.78, 5) is 10.9. The van der Waals surface area contributed by atoms with Crippen LogP contribution in [0.15, 0.2) is 24.8 Å². The number of anilines is 1. The highest BCUT2D eigenvalue weighted by Gasteiger charge is 2.37. The summed E-state index contributed by atoms with van der Waals surface area (Å²) in [6.07, 6.45) is 10.3. The van der Waals surface area contributed by atoms with E-state index >= 15 is 0 Å². The first-order valence-corrected chi connectivity index (χ1v) is 8.94. The fourth-order valence-electron chi connectivity index (χ4n) is 3.51. The van der Waals surface area contributed by atoms with E-state index in [4.69, 9.17) is 9.47 Å². The van der Waals surface area contributed by atoms with E-state index in [1.54, 1.807) is 13.4 Å². The first kappa shape index (κ1) is 16.3. The van der Waals surface area contributed by atoms with Crippen molar-refractivity contribution in [3.05, 3.63) is 30.4 Å². The Morgan fingerprint density at radius 3 is 2.84 bits per heavy atom. The van der Waals surface area contributed by atoms with Gasteiger partial charge in [-0.1, -0.05) is 0 Å². The molecule has 2 atom stereocenters. The Balaban J connectivity index is 1.54. The minimum atomic E-state index is 0.224. The topological polar surface area (TPSA) is 65.3 Å². The fourth-order valence-corrected chi connectivity index (χ4v) is 3.51. The van der Waals surface area contributed by atoms with Crippen molar-refractivity contribution >= 4 is 5.82 Å². The van der Waals surface area contributed by atoms with Crippen LogP contribution >= 0.6 is 0 Å². The molecule has 0 bridgehead atoms. The van der Waals surface area contributed by atoms with Crippen molar-refractivity contribution in [3.63, 3.8) is 0 Å². The van der Waals surface area contributed by atoms with Gasteiger partial charge in [0.15, 0.2) is 0 Å². The van der Waals surface area contributed by atoms with Crippen molar-refractivity contribution in [2.45, 2.75) is 37.8 Å². The van der Waals surface area contributed by atoms with Crippen LogP contribution in [0.3, 0.4) is 0 Å². The molecule has 3 heterocycles. The van der Waals surface area contributed by atoms with E-state index in [1.165, 1.54) is 18.4 Å². The number of methoxy groups -OCH3 is 1. The van der Waals surface area contributed by atoms with Gasteiger partial charge in [-0.15, -0.1) is 0 Å². The molecule has 4 rings (SSSR count). The predicted molar refractivity (Wildman–Crippen MR) is 93.7 cm³/mol. The van der Waals surface area contributed by atoms with E-state index in [9.17, 15) is 0 Å². The van der Waals surface area contributed by atoms with Crippen LogP contribution in [0.2, 0.25) is 0 Å². The maximum absolute atomic E-state index is 6.28. The van der Waals surface area contributed by atoms with E-state index in [2.05, 4.69) is 26.2 Å². The fraction of sp³-hybridized carbons (Fsp3) is 0.611. The summed E-state index contributed by atoms with van der Waals surface area (Å²) in [5.41, 5.74) is 1.22. The first-order valence-electron chi connectivity index (χ1n) is 8.94. The molecule has 0 N–H and O–H groups in total. The van der Waals surface area contributed by atoms with E-state index in [0.717, 1.165) is 37.7 Å². The number of hydrogen-bond donors (Lipinski definition) is 0. The average Bonchev–Trinajstić information content (AvgIpc) is 3.25. The average molecular weight is 343 g/mol. The van der Waals surface area contributed by atoms with Crippen molar-refractivity contribution in [2.24, 2.45) is 13.0 Å². The second-order valence-corrected chi connectivity index (χ2v) is 7.01. The Kier molecular flexibility index (Phi) is 4.57. The van der Waals surface area contributed by atoms with Crippen LogP contribution in [0.4, 0.5) is 5.82 Å². The molecule has 2 fully saturated rings. The molecule has 1 aliphatic carbocycles. The van der Waals surface area contributed by atoms with Gasteiger partial charge >= 0.3 is 0 Å². The molecular formula is C18H25N5O2. The van der Waals surface area contributed by atoms with Crippen LogP contribution in [0.1, 0.15) is 24.8 Å². The third-order valence-electron chi connectivity index (χ3n) is 5.06. The van der Waals surface area contributed by atoms with Gasteiger partial charge in [0.05, 0.1) is 25.5 Å². The molecule has 25 heavy (non-hydrogen) atoms. The normalized spacial score (nSPS) is 23.2. The lowest BCUT2D eigenvalue weighted by atomic mass is 10.0. The SMILES string of the molecule is COc1cc(N2CC[C@H](OCC3CC3)[C@H]2Cc2cnn(C)c2)ncn1. The molecule has 0 unspecified atom stereocenters. The summed E-state index contributed by atoms with van der Waals surface area (Å²) in [5, 5.41) is 4.30. The van der Waals surface area contributed by atoms with Gasteiger partial charge in [-0.25, -0.2) is 9.97 Å². The first-order chi connectivity index (χ1) is 12.2. The van der Waals surface area contributed by atoms with Crippen LogP contribution in [-0.4, -0.2) is 52.2 Å². The summed E-state index contributed by atoms with van der Waals surface area (Å²) >= 11 is 0. The van der Waals surface area contributed by atoms with Gasteiger partial charge in [-0.05, 0) is 37.2 Å². The van der Waals surface area contributed by atoms with Gasteiger partial charge in [0.1, 0.15) is 12.1 Å². The van der Waals surface area contributed by atoms with Crippen molar-refractivity contribution in [2.75, 3.05) is 25.2 Å². The lowest BCUT2D eigenvalue weighted by Crippen LogP contribution is -2.39. The number of hydrogen-bond acceptors (Lipinski definition) is 6. The van der Waals surface area contributed by atoms with Crippen LogP contribution in [-0.2, 0) is 18.2 Å². The van der Waals surface area contributed by atoms with E-state index in [0.29, 0.717) is 5.88 Å². The summed E-state index contributed by atoms with van der Waals surface area (Å²) in [5.74, 6) is 2.26. The minimum absolute atomic E-state index is 0.224. The highest BCUT2D eigenvalue weighted by Crippen LogP contribution is 2.33. The van der Waals surface area contributed by atoms with Crippen LogP contribution < -0.4 is 9.64 Å². The molecule has 2 aliphatic rings.